The Balaban J connectivity index is 4.75. The third kappa shape index (κ3) is 1.88. The smallest absolute Gasteiger partial charge is 0.428 e. The van der Waals surface area contributed by atoms with E-state index in [1.54, 1.807) is 0 Å². The molecule has 0 rings (SSSR count). The maximum absolute atomic E-state index is 11.9. The third-order valence-corrected chi connectivity index (χ3v) is 1.43. The van der Waals surface area contributed by atoms with E-state index in [0.29, 0.717) is 0 Å². The van der Waals surface area contributed by atoms with E-state index in [1.165, 1.54) is 6.92 Å². The van der Waals surface area contributed by atoms with Gasteiger partial charge in [0.15, 0.2) is 0 Å². The fourth-order valence-electron chi connectivity index (χ4n) is 0.732. The van der Waals surface area contributed by atoms with Gasteiger partial charge in [-0.3, -0.25) is 0 Å². The number of halogens is 3. The lowest BCUT2D eigenvalue weighted by molar-refractivity contribution is -0.262. The lowest BCUT2D eigenvalue weighted by Gasteiger charge is -2.25. The summed E-state index contributed by atoms with van der Waals surface area (Å²) >= 11 is 0. The first-order valence-corrected chi connectivity index (χ1v) is 3.28. The van der Waals surface area contributed by atoms with Gasteiger partial charge in [-0.1, -0.05) is 13.3 Å². The molecule has 0 aromatic carbocycles. The van der Waals surface area contributed by atoms with Crippen molar-refractivity contribution < 1.29 is 28.2 Å². The molecular weight excluding hydrogens is 177 g/mol. The van der Waals surface area contributed by atoms with Crippen LogP contribution >= 0.6 is 0 Å². The van der Waals surface area contributed by atoms with Crippen LogP contribution in [0.4, 0.5) is 13.2 Å². The van der Waals surface area contributed by atoms with E-state index in [1.807, 2.05) is 0 Å². The minimum Gasteiger partial charge on any atom is -0.479 e. The van der Waals surface area contributed by atoms with Crippen LogP contribution in [0.5, 0.6) is 0 Å². The van der Waals surface area contributed by atoms with Gasteiger partial charge in [-0.25, -0.2) is 4.79 Å². The summed E-state index contributed by atoms with van der Waals surface area (Å²) in [5.74, 6) is -2.25. The van der Waals surface area contributed by atoms with Gasteiger partial charge in [-0.15, -0.1) is 0 Å². The molecule has 0 amide bonds. The molecule has 0 bridgehead atoms. The first-order chi connectivity index (χ1) is 5.25. The molecule has 12 heavy (non-hydrogen) atoms. The van der Waals surface area contributed by atoms with E-state index in [-0.39, 0.29) is 6.42 Å². The Morgan fingerprint density at radius 2 is 1.83 bits per heavy atom. The number of carboxylic acid groups (broad SMARTS) is 1. The molecule has 1 atom stereocenters. The van der Waals surface area contributed by atoms with Crippen molar-refractivity contribution in [2.75, 3.05) is 0 Å². The number of alkyl halides is 3. The molecule has 0 aliphatic carbocycles. The van der Waals surface area contributed by atoms with Crippen LogP contribution in [0.1, 0.15) is 19.8 Å². The van der Waals surface area contributed by atoms with Crippen molar-refractivity contribution in [3.63, 3.8) is 0 Å². The summed E-state index contributed by atoms with van der Waals surface area (Å²) in [5.41, 5.74) is -3.60. The molecule has 0 spiro atoms. The highest BCUT2D eigenvalue weighted by molar-refractivity contribution is 5.78. The second-order valence-electron chi connectivity index (χ2n) is 2.41. The molecule has 0 radical (unpaired) electrons. The molecule has 0 aliphatic rings. The number of aliphatic hydroxyl groups is 1. The van der Waals surface area contributed by atoms with Gasteiger partial charge in [-0.05, 0) is 6.42 Å². The molecule has 0 saturated heterocycles. The van der Waals surface area contributed by atoms with Crippen molar-refractivity contribution in [3.05, 3.63) is 0 Å². The number of aliphatic carboxylic acids is 1. The minimum atomic E-state index is -5.12. The molecule has 2 N–H and O–H groups in total. The normalized spacial score (nSPS) is 17.1. The van der Waals surface area contributed by atoms with E-state index in [9.17, 15) is 18.0 Å². The fourth-order valence-corrected chi connectivity index (χ4v) is 0.732. The van der Waals surface area contributed by atoms with E-state index in [2.05, 4.69) is 0 Å². The zero-order valence-electron chi connectivity index (χ0n) is 6.35. The molecule has 6 heteroatoms. The molecule has 3 nitrogen and oxygen atoms in total. The van der Waals surface area contributed by atoms with Crippen molar-refractivity contribution >= 4 is 5.97 Å². The van der Waals surface area contributed by atoms with E-state index in [4.69, 9.17) is 10.2 Å². The lowest BCUT2D eigenvalue weighted by Crippen LogP contribution is -2.51. The molecule has 0 saturated carbocycles. The number of hydrogen-bond acceptors (Lipinski definition) is 2. The van der Waals surface area contributed by atoms with E-state index in [0.717, 1.165) is 0 Å². The van der Waals surface area contributed by atoms with Gasteiger partial charge in [-0.2, -0.15) is 13.2 Å². The second-order valence-corrected chi connectivity index (χ2v) is 2.41. The molecule has 0 unspecified atom stereocenters. The Labute approximate surface area is 66.8 Å². The summed E-state index contributed by atoms with van der Waals surface area (Å²) < 4.78 is 35.7. The van der Waals surface area contributed by atoms with Crippen LogP contribution in [-0.2, 0) is 4.79 Å². The van der Waals surface area contributed by atoms with Crippen molar-refractivity contribution in [2.45, 2.75) is 31.5 Å². The molecule has 72 valence electrons. The first-order valence-electron chi connectivity index (χ1n) is 3.28. The van der Waals surface area contributed by atoms with Crippen LogP contribution < -0.4 is 0 Å². The third-order valence-electron chi connectivity index (χ3n) is 1.43. The van der Waals surface area contributed by atoms with Gasteiger partial charge >= 0.3 is 12.1 Å². The monoisotopic (exact) mass is 186 g/mol. The maximum Gasteiger partial charge on any atom is 0.428 e. The highest BCUT2D eigenvalue weighted by Crippen LogP contribution is 2.34. The van der Waals surface area contributed by atoms with Gasteiger partial charge in [0.25, 0.3) is 5.60 Å². The lowest BCUT2D eigenvalue weighted by atomic mass is 9.98. The molecule has 0 aliphatic heterocycles. The standard InChI is InChI=1S/C6H9F3O3/c1-2-3-5(12,4(10)11)6(7,8)9/h12H,2-3H2,1H3,(H,10,11)/t5-/m1/s1. The van der Waals surface area contributed by atoms with Crippen molar-refractivity contribution in [1.82, 2.24) is 0 Å². The first kappa shape index (κ1) is 11.2. The van der Waals surface area contributed by atoms with Crippen molar-refractivity contribution in [1.29, 1.82) is 0 Å². The number of hydrogen-bond donors (Lipinski definition) is 2. The zero-order valence-corrected chi connectivity index (χ0v) is 6.35. The topological polar surface area (TPSA) is 57.5 Å². The Bertz CT molecular complexity index is 177. The van der Waals surface area contributed by atoms with E-state index >= 15 is 0 Å². The second kappa shape index (κ2) is 3.30. The van der Waals surface area contributed by atoms with Gasteiger partial charge in [0, 0.05) is 0 Å². The predicted octanol–water partition coefficient (Wildman–Crippen LogP) is 1.16. The van der Waals surface area contributed by atoms with E-state index < -0.39 is 24.2 Å². The molecule has 0 aromatic heterocycles. The minimum absolute atomic E-state index is 0.0533. The average molecular weight is 186 g/mol. The quantitative estimate of drug-likeness (QED) is 0.695. The van der Waals surface area contributed by atoms with Crippen molar-refractivity contribution in [2.24, 2.45) is 0 Å². The Kier molecular flexibility index (Phi) is 3.09. The number of rotatable bonds is 3. The van der Waals surface area contributed by atoms with Gasteiger partial charge in [0.1, 0.15) is 0 Å². The van der Waals surface area contributed by atoms with Gasteiger partial charge < -0.3 is 10.2 Å². The van der Waals surface area contributed by atoms with Crippen LogP contribution in [0, 0.1) is 0 Å². The number of carbonyl (C=O) groups is 1. The summed E-state index contributed by atoms with van der Waals surface area (Å²) in [4.78, 5) is 10.1. The molecular formula is C6H9F3O3. The van der Waals surface area contributed by atoms with Crippen molar-refractivity contribution in [3.8, 4) is 0 Å². The fraction of sp³-hybridized carbons (Fsp3) is 0.833. The number of carboxylic acids is 1. The largest absolute Gasteiger partial charge is 0.479 e. The Morgan fingerprint density at radius 3 is 1.92 bits per heavy atom. The zero-order chi connectivity index (χ0) is 9.99. The summed E-state index contributed by atoms with van der Waals surface area (Å²) in [6, 6.07) is 0. The highest BCUT2D eigenvalue weighted by atomic mass is 19.4. The Morgan fingerprint density at radius 1 is 1.42 bits per heavy atom. The summed E-state index contributed by atoms with van der Waals surface area (Å²) in [6.45, 7) is 1.36. The van der Waals surface area contributed by atoms with Gasteiger partial charge in [0.05, 0.1) is 0 Å². The summed E-state index contributed by atoms with van der Waals surface area (Å²) in [5, 5.41) is 16.8. The van der Waals surface area contributed by atoms with Crippen LogP contribution in [0.2, 0.25) is 0 Å². The predicted molar refractivity (Wildman–Crippen MR) is 33.5 cm³/mol. The average Bonchev–Trinajstić information content (AvgIpc) is 1.85. The summed E-state index contributed by atoms with van der Waals surface area (Å²) in [6.07, 6.45) is -6.00. The van der Waals surface area contributed by atoms with Crippen LogP contribution in [0.25, 0.3) is 0 Å². The van der Waals surface area contributed by atoms with Gasteiger partial charge in [0.2, 0.25) is 0 Å². The Hall–Kier alpha value is -0.780. The molecule has 0 fully saturated rings. The molecule has 0 aromatic rings. The highest BCUT2D eigenvalue weighted by Gasteiger charge is 2.59. The SMILES string of the molecule is CCC[C@@](O)(C(=O)O)C(F)(F)F. The van der Waals surface area contributed by atoms with Crippen LogP contribution in [-0.4, -0.2) is 28.0 Å². The molecule has 0 heterocycles. The van der Waals surface area contributed by atoms with Crippen LogP contribution in [0.15, 0.2) is 0 Å². The van der Waals surface area contributed by atoms with Crippen LogP contribution in [0.3, 0.4) is 0 Å². The summed E-state index contributed by atoms with van der Waals surface area (Å²) in [7, 11) is 0. The maximum atomic E-state index is 11.9.